The summed E-state index contributed by atoms with van der Waals surface area (Å²) in [6, 6.07) is 5.92. The van der Waals surface area contributed by atoms with Gasteiger partial charge in [-0.25, -0.2) is 12.8 Å². The molecular formula is C9H8ClFO2S. The van der Waals surface area contributed by atoms with E-state index >= 15 is 0 Å². The second-order valence-electron chi connectivity index (χ2n) is 3.29. The van der Waals surface area contributed by atoms with Gasteiger partial charge in [0.15, 0.2) is 9.84 Å². The SMILES string of the molecule is O=S(=O)(c1cccc(Cl)c1)[C@@H]1C[C@H]1F. The average molecular weight is 235 g/mol. The van der Waals surface area contributed by atoms with Crippen LogP contribution < -0.4 is 0 Å². The molecule has 1 fully saturated rings. The normalized spacial score (nSPS) is 26.1. The molecular weight excluding hydrogens is 227 g/mol. The van der Waals surface area contributed by atoms with Gasteiger partial charge < -0.3 is 0 Å². The number of benzene rings is 1. The van der Waals surface area contributed by atoms with Gasteiger partial charge in [0.2, 0.25) is 0 Å². The molecule has 0 spiro atoms. The third-order valence-electron chi connectivity index (χ3n) is 2.18. The molecule has 1 aromatic rings. The number of hydrogen-bond donors (Lipinski definition) is 0. The highest BCUT2D eigenvalue weighted by Gasteiger charge is 2.48. The lowest BCUT2D eigenvalue weighted by molar-refractivity contribution is 0.477. The highest BCUT2D eigenvalue weighted by Crippen LogP contribution is 2.37. The van der Waals surface area contributed by atoms with Crippen LogP contribution in [0, 0.1) is 0 Å². The zero-order valence-corrected chi connectivity index (χ0v) is 8.72. The molecule has 0 N–H and O–H groups in total. The molecule has 76 valence electrons. The number of hydrogen-bond acceptors (Lipinski definition) is 2. The summed E-state index contributed by atoms with van der Waals surface area (Å²) >= 11 is 5.65. The van der Waals surface area contributed by atoms with E-state index in [1.54, 1.807) is 12.1 Å². The summed E-state index contributed by atoms with van der Waals surface area (Å²) in [7, 11) is -3.50. The third kappa shape index (κ3) is 1.64. The van der Waals surface area contributed by atoms with E-state index in [-0.39, 0.29) is 11.3 Å². The molecule has 5 heteroatoms. The molecule has 0 amide bonds. The Hall–Kier alpha value is -0.610. The average Bonchev–Trinajstić information content (AvgIpc) is 2.83. The zero-order chi connectivity index (χ0) is 10.3. The molecule has 0 aromatic heterocycles. The van der Waals surface area contributed by atoms with Crippen LogP contribution in [0.2, 0.25) is 5.02 Å². The van der Waals surface area contributed by atoms with Crippen LogP contribution in [-0.2, 0) is 9.84 Å². The maximum Gasteiger partial charge on any atom is 0.184 e. The third-order valence-corrected chi connectivity index (χ3v) is 4.61. The standard InChI is InChI=1S/C9H8ClFO2S/c10-6-2-1-3-7(4-6)14(12,13)9-5-8(9)11/h1-4,8-9H,5H2/t8-,9-/m1/s1. The minimum Gasteiger partial charge on any atom is -0.246 e. The molecule has 0 aliphatic heterocycles. The molecule has 0 saturated heterocycles. The first-order valence-electron chi connectivity index (χ1n) is 4.15. The van der Waals surface area contributed by atoms with Gasteiger partial charge in [0, 0.05) is 5.02 Å². The lowest BCUT2D eigenvalue weighted by Gasteiger charge is -2.01. The predicted octanol–water partition coefficient (Wildman–Crippen LogP) is 2.22. The smallest absolute Gasteiger partial charge is 0.184 e. The van der Waals surface area contributed by atoms with Crippen LogP contribution in [0.1, 0.15) is 6.42 Å². The summed E-state index contributed by atoms with van der Waals surface area (Å²) in [6.45, 7) is 0. The van der Waals surface area contributed by atoms with Gasteiger partial charge in [-0.2, -0.15) is 0 Å². The van der Waals surface area contributed by atoms with E-state index in [2.05, 4.69) is 0 Å². The Bertz CT molecular complexity index is 458. The van der Waals surface area contributed by atoms with Crippen molar-refractivity contribution in [3.05, 3.63) is 29.3 Å². The minimum absolute atomic E-state index is 0.106. The van der Waals surface area contributed by atoms with Gasteiger partial charge in [0.1, 0.15) is 6.17 Å². The second kappa shape index (κ2) is 3.21. The van der Waals surface area contributed by atoms with Crippen molar-refractivity contribution >= 4 is 21.4 Å². The van der Waals surface area contributed by atoms with Crippen LogP contribution in [-0.4, -0.2) is 19.8 Å². The Morgan fingerprint density at radius 2 is 2.07 bits per heavy atom. The summed E-state index contributed by atoms with van der Waals surface area (Å²) < 4.78 is 36.0. The number of sulfone groups is 1. The van der Waals surface area contributed by atoms with Crippen molar-refractivity contribution in [2.24, 2.45) is 0 Å². The topological polar surface area (TPSA) is 34.1 Å². The second-order valence-corrected chi connectivity index (χ2v) is 5.90. The lowest BCUT2D eigenvalue weighted by Crippen LogP contribution is -2.09. The summed E-state index contributed by atoms with van der Waals surface area (Å²) in [6.07, 6.45) is -1.10. The Morgan fingerprint density at radius 1 is 1.43 bits per heavy atom. The largest absolute Gasteiger partial charge is 0.246 e. The molecule has 1 aromatic carbocycles. The van der Waals surface area contributed by atoms with Gasteiger partial charge in [-0.15, -0.1) is 0 Å². The van der Waals surface area contributed by atoms with E-state index in [0.29, 0.717) is 5.02 Å². The first-order valence-corrected chi connectivity index (χ1v) is 6.08. The predicted molar refractivity (Wildman–Crippen MR) is 51.9 cm³/mol. The summed E-state index contributed by atoms with van der Waals surface area (Å²) in [5, 5.41) is -0.511. The summed E-state index contributed by atoms with van der Waals surface area (Å²) in [5.41, 5.74) is 0. The van der Waals surface area contributed by atoms with Gasteiger partial charge in [-0.05, 0) is 24.6 Å². The van der Waals surface area contributed by atoms with Crippen molar-refractivity contribution < 1.29 is 12.8 Å². The van der Waals surface area contributed by atoms with Gasteiger partial charge >= 0.3 is 0 Å². The van der Waals surface area contributed by atoms with E-state index in [1.807, 2.05) is 0 Å². The lowest BCUT2D eigenvalue weighted by atomic mass is 10.4. The molecule has 1 aliphatic rings. The number of alkyl halides is 1. The first-order chi connectivity index (χ1) is 6.51. The fourth-order valence-corrected chi connectivity index (χ4v) is 3.27. The van der Waals surface area contributed by atoms with Crippen molar-refractivity contribution in [1.29, 1.82) is 0 Å². The molecule has 0 bridgehead atoms. The van der Waals surface area contributed by atoms with E-state index in [1.165, 1.54) is 12.1 Å². The van der Waals surface area contributed by atoms with Crippen LogP contribution in [0.3, 0.4) is 0 Å². The molecule has 2 nitrogen and oxygen atoms in total. The van der Waals surface area contributed by atoms with Crippen molar-refractivity contribution in [2.45, 2.75) is 22.7 Å². The molecule has 1 aliphatic carbocycles. The van der Waals surface area contributed by atoms with Crippen molar-refractivity contribution in [3.8, 4) is 0 Å². The molecule has 1 saturated carbocycles. The van der Waals surface area contributed by atoms with E-state index in [0.717, 1.165) is 0 Å². The van der Waals surface area contributed by atoms with E-state index in [4.69, 9.17) is 11.6 Å². The highest BCUT2D eigenvalue weighted by molar-refractivity contribution is 7.92. The van der Waals surface area contributed by atoms with Gasteiger partial charge in [-0.3, -0.25) is 0 Å². The molecule has 0 radical (unpaired) electrons. The van der Waals surface area contributed by atoms with Gasteiger partial charge in [0.05, 0.1) is 10.1 Å². The van der Waals surface area contributed by atoms with Crippen molar-refractivity contribution in [1.82, 2.24) is 0 Å². The molecule has 0 heterocycles. The van der Waals surface area contributed by atoms with Gasteiger partial charge in [-0.1, -0.05) is 17.7 Å². The first kappa shape index (κ1) is 9.93. The molecule has 2 rings (SSSR count). The fraction of sp³-hybridized carbons (Fsp3) is 0.333. The Kier molecular flexibility index (Phi) is 2.27. The number of rotatable bonds is 2. The minimum atomic E-state index is -3.50. The van der Waals surface area contributed by atoms with Crippen molar-refractivity contribution in [3.63, 3.8) is 0 Å². The van der Waals surface area contributed by atoms with Crippen LogP contribution in [0.5, 0.6) is 0 Å². The molecule has 2 atom stereocenters. The quantitative estimate of drug-likeness (QED) is 0.787. The van der Waals surface area contributed by atoms with Crippen LogP contribution in [0.4, 0.5) is 4.39 Å². The number of halogens is 2. The monoisotopic (exact) mass is 234 g/mol. The Morgan fingerprint density at radius 3 is 2.57 bits per heavy atom. The Labute approximate surface area is 86.6 Å². The van der Waals surface area contributed by atoms with Crippen molar-refractivity contribution in [2.75, 3.05) is 0 Å². The maximum absolute atomic E-state index is 12.6. The fourth-order valence-electron chi connectivity index (χ4n) is 1.28. The van der Waals surface area contributed by atoms with Crippen LogP contribution in [0.25, 0.3) is 0 Å². The van der Waals surface area contributed by atoms with E-state index < -0.39 is 21.3 Å². The highest BCUT2D eigenvalue weighted by atomic mass is 35.5. The summed E-state index contributed by atoms with van der Waals surface area (Å²) in [4.78, 5) is 0.107. The molecule has 14 heavy (non-hydrogen) atoms. The van der Waals surface area contributed by atoms with Crippen LogP contribution in [0.15, 0.2) is 29.2 Å². The van der Waals surface area contributed by atoms with Gasteiger partial charge in [0.25, 0.3) is 0 Å². The zero-order valence-electron chi connectivity index (χ0n) is 7.15. The summed E-state index contributed by atoms with van der Waals surface area (Å²) in [5.74, 6) is 0. The van der Waals surface area contributed by atoms with Crippen LogP contribution >= 0.6 is 11.6 Å². The Balaban J connectivity index is 2.40. The maximum atomic E-state index is 12.6. The molecule has 0 unspecified atom stereocenters. The van der Waals surface area contributed by atoms with E-state index in [9.17, 15) is 12.8 Å².